The number of aromatic nitrogens is 1. The summed E-state index contributed by atoms with van der Waals surface area (Å²) >= 11 is 13.8. The lowest BCUT2D eigenvalue weighted by Crippen LogP contribution is -2.48. The minimum Gasteiger partial charge on any atom is -0.369 e. The maximum Gasteiger partial charge on any atom is 0.148 e. The summed E-state index contributed by atoms with van der Waals surface area (Å²) in [5.41, 5.74) is 4.82. The van der Waals surface area contributed by atoms with Crippen LogP contribution in [0.3, 0.4) is 0 Å². The van der Waals surface area contributed by atoms with Gasteiger partial charge < -0.3 is 9.80 Å². The number of nitrogens with zero attached hydrogens (tertiary/aromatic N) is 7. The molecule has 7 rings (SSSR count). The summed E-state index contributed by atoms with van der Waals surface area (Å²) in [5, 5.41) is 0.625. The summed E-state index contributed by atoms with van der Waals surface area (Å²) in [6, 6.07) is 9.29. The fourth-order valence-corrected chi connectivity index (χ4v) is 9.98. The van der Waals surface area contributed by atoms with Gasteiger partial charge >= 0.3 is 0 Å². The fourth-order valence-electron chi connectivity index (χ4n) is 9.02. The number of halogens is 3. The van der Waals surface area contributed by atoms with Gasteiger partial charge in [0.25, 0.3) is 0 Å². The van der Waals surface area contributed by atoms with Gasteiger partial charge in [0.2, 0.25) is 0 Å². The molecule has 0 radical (unpaired) electrons. The van der Waals surface area contributed by atoms with Gasteiger partial charge in [-0.2, -0.15) is 0 Å². The third-order valence-corrected chi connectivity index (χ3v) is 14.1. The second-order valence-corrected chi connectivity index (χ2v) is 17.7. The molecule has 1 aromatic heterocycles. The van der Waals surface area contributed by atoms with E-state index in [-0.39, 0.29) is 28.4 Å². The van der Waals surface area contributed by atoms with Crippen LogP contribution in [0.4, 0.5) is 15.8 Å². The van der Waals surface area contributed by atoms with Crippen molar-refractivity contribution in [3.63, 3.8) is 0 Å². The van der Waals surface area contributed by atoms with Gasteiger partial charge in [-0.25, -0.2) is 9.37 Å². The smallest absolute Gasteiger partial charge is 0.148 e. The van der Waals surface area contributed by atoms with E-state index in [2.05, 4.69) is 52.6 Å². The first-order valence-corrected chi connectivity index (χ1v) is 21.7. The molecule has 5 heterocycles. The molecule has 4 fully saturated rings. The summed E-state index contributed by atoms with van der Waals surface area (Å²) in [5.74, 6) is 1.32. The lowest BCUT2D eigenvalue weighted by Gasteiger charge is -2.39. The molecule has 9 nitrogen and oxygen atoms in total. The lowest BCUT2D eigenvalue weighted by atomic mass is 9.91. The molecule has 0 amide bonds. The van der Waals surface area contributed by atoms with E-state index in [0.29, 0.717) is 35.5 Å². The highest BCUT2D eigenvalue weighted by atomic mass is 35.5. The Labute approximate surface area is 334 Å². The molecule has 4 saturated heterocycles. The molecule has 0 spiro atoms. The van der Waals surface area contributed by atoms with Gasteiger partial charge in [0.1, 0.15) is 17.4 Å². The number of anilines is 2. The SMILES string of the molecule is CC(=O)C(CC(=O)CN1CCC(CCN2CCN(c3cc(Cl)c(Cl)cc3F)CC2)CC1)N1CCC(CCN2CCN(c3ccc4scnc4c3)CC2)CC1. The quantitative estimate of drug-likeness (QED) is 0.164. The number of hydrogen-bond donors (Lipinski definition) is 0. The average molecular weight is 801 g/mol. The minimum atomic E-state index is -0.325. The molecule has 294 valence electrons. The summed E-state index contributed by atoms with van der Waals surface area (Å²) in [6.45, 7) is 15.6. The van der Waals surface area contributed by atoms with Gasteiger partial charge in [0, 0.05) is 64.5 Å². The zero-order valence-corrected chi connectivity index (χ0v) is 34.1. The standard InChI is InChI=1S/C41H56Cl2FN7O2S/c1-30(52)39(50-14-8-32(9-15-50)5-11-46-16-20-49(21-17-46)33-2-3-41-38(24-33)45-29-54-41)25-34(53)28-48-12-6-31(7-13-48)4-10-47-18-22-51(23-19-47)40-27-36(43)35(42)26-37(40)44/h2-3,24,26-27,29,31-32,39H,4-23,25,28H2,1H3. The monoisotopic (exact) mass is 799 g/mol. The highest BCUT2D eigenvalue weighted by Crippen LogP contribution is 2.32. The predicted octanol–water partition coefficient (Wildman–Crippen LogP) is 6.81. The number of likely N-dealkylation sites (tertiary alicyclic amines) is 2. The molecule has 54 heavy (non-hydrogen) atoms. The Balaban J connectivity index is 0.757. The van der Waals surface area contributed by atoms with E-state index >= 15 is 0 Å². The molecule has 0 N–H and O–H groups in total. The summed E-state index contributed by atoms with van der Waals surface area (Å²) in [4.78, 5) is 44.8. The molecule has 1 atom stereocenters. The van der Waals surface area contributed by atoms with Crippen molar-refractivity contribution in [1.82, 2.24) is 24.6 Å². The molecule has 0 aliphatic carbocycles. The van der Waals surface area contributed by atoms with Crippen molar-refractivity contribution in [2.45, 2.75) is 57.9 Å². The summed E-state index contributed by atoms with van der Waals surface area (Å²) in [7, 11) is 0. The number of rotatable bonds is 14. The van der Waals surface area contributed by atoms with Crippen LogP contribution < -0.4 is 9.80 Å². The largest absolute Gasteiger partial charge is 0.369 e. The number of carbonyl (C=O) groups is 2. The normalized spacial score (nSPS) is 21.3. The van der Waals surface area contributed by atoms with E-state index in [9.17, 15) is 14.0 Å². The topological polar surface area (TPSA) is 66.5 Å². The zero-order chi connectivity index (χ0) is 37.6. The van der Waals surface area contributed by atoms with Gasteiger partial charge in [-0.3, -0.25) is 29.2 Å². The number of ketones is 2. The molecule has 3 aromatic rings. The van der Waals surface area contributed by atoms with Gasteiger partial charge in [-0.1, -0.05) is 23.2 Å². The van der Waals surface area contributed by atoms with Gasteiger partial charge in [0.15, 0.2) is 0 Å². The molecular formula is C41H56Cl2FN7O2S. The first-order chi connectivity index (χ1) is 26.2. The highest BCUT2D eigenvalue weighted by molar-refractivity contribution is 7.16. The number of hydrogen-bond acceptors (Lipinski definition) is 10. The highest BCUT2D eigenvalue weighted by Gasteiger charge is 2.31. The minimum absolute atomic E-state index is 0.121. The number of benzene rings is 2. The van der Waals surface area contributed by atoms with Crippen LogP contribution in [0.5, 0.6) is 0 Å². The fraction of sp³-hybridized carbons (Fsp3) is 0.634. The molecule has 0 saturated carbocycles. The van der Waals surface area contributed by atoms with Crippen molar-refractivity contribution in [2.24, 2.45) is 11.8 Å². The van der Waals surface area contributed by atoms with Crippen LogP contribution in [0.1, 0.15) is 51.9 Å². The molecule has 4 aliphatic heterocycles. The van der Waals surface area contributed by atoms with Crippen LogP contribution in [0, 0.1) is 17.7 Å². The van der Waals surface area contributed by atoms with E-state index in [1.807, 2.05) is 5.51 Å². The molecule has 4 aliphatic rings. The van der Waals surface area contributed by atoms with Gasteiger partial charge in [-0.05, 0) is 127 Å². The van der Waals surface area contributed by atoms with Crippen LogP contribution >= 0.6 is 34.5 Å². The Hall–Kier alpha value is -2.38. The second-order valence-electron chi connectivity index (χ2n) is 16.0. The van der Waals surface area contributed by atoms with Crippen LogP contribution in [-0.2, 0) is 9.59 Å². The Kier molecular flexibility index (Phi) is 13.8. The predicted molar refractivity (Wildman–Crippen MR) is 220 cm³/mol. The van der Waals surface area contributed by atoms with Crippen LogP contribution in [0.25, 0.3) is 10.2 Å². The van der Waals surface area contributed by atoms with E-state index in [1.165, 1.54) is 22.9 Å². The van der Waals surface area contributed by atoms with Crippen molar-refractivity contribution < 1.29 is 14.0 Å². The third kappa shape index (κ3) is 10.3. The zero-order valence-electron chi connectivity index (χ0n) is 31.7. The van der Waals surface area contributed by atoms with Crippen molar-refractivity contribution in [3.8, 4) is 0 Å². The second kappa shape index (κ2) is 18.7. The first-order valence-electron chi connectivity index (χ1n) is 20.1. The Morgan fingerprint density at radius 1 is 0.778 bits per heavy atom. The maximum absolute atomic E-state index is 14.5. The third-order valence-electron chi connectivity index (χ3n) is 12.5. The van der Waals surface area contributed by atoms with Crippen LogP contribution in [0.2, 0.25) is 10.0 Å². The number of piperidine rings is 2. The maximum atomic E-state index is 14.5. The number of Topliss-reactive ketones (excluding diaryl/α,β-unsaturated/α-hetero) is 2. The molecule has 13 heteroatoms. The summed E-state index contributed by atoms with van der Waals surface area (Å²) in [6.07, 6.45) is 7.09. The lowest BCUT2D eigenvalue weighted by molar-refractivity contribution is -0.129. The Morgan fingerprint density at radius 2 is 1.37 bits per heavy atom. The van der Waals surface area contributed by atoms with E-state index in [0.717, 1.165) is 129 Å². The summed E-state index contributed by atoms with van der Waals surface area (Å²) < 4.78 is 15.7. The molecular weight excluding hydrogens is 744 g/mol. The number of carbonyl (C=O) groups excluding carboxylic acids is 2. The number of fused-ring (bicyclic) bond motifs is 1. The first kappa shape index (κ1) is 39.8. The average Bonchev–Trinajstić information content (AvgIpc) is 3.66. The molecule has 2 aromatic carbocycles. The van der Waals surface area contributed by atoms with Gasteiger partial charge in [0.05, 0.1) is 44.0 Å². The van der Waals surface area contributed by atoms with Crippen LogP contribution in [-0.4, -0.2) is 140 Å². The Morgan fingerprint density at radius 3 is 2.00 bits per heavy atom. The molecule has 1 unspecified atom stereocenters. The van der Waals surface area contributed by atoms with E-state index in [4.69, 9.17) is 23.2 Å². The van der Waals surface area contributed by atoms with Crippen molar-refractivity contribution in [1.29, 1.82) is 0 Å². The van der Waals surface area contributed by atoms with Gasteiger partial charge in [-0.15, -0.1) is 11.3 Å². The van der Waals surface area contributed by atoms with Crippen molar-refractivity contribution in [3.05, 3.63) is 51.7 Å². The van der Waals surface area contributed by atoms with Crippen molar-refractivity contribution in [2.75, 3.05) is 108 Å². The molecule has 0 bridgehead atoms. The van der Waals surface area contributed by atoms with E-state index < -0.39 is 0 Å². The van der Waals surface area contributed by atoms with Crippen LogP contribution in [0.15, 0.2) is 35.8 Å². The van der Waals surface area contributed by atoms with E-state index in [1.54, 1.807) is 24.3 Å². The number of thiazole rings is 1. The van der Waals surface area contributed by atoms with Crippen molar-refractivity contribution >= 4 is 67.7 Å². The number of piperazine rings is 2. The Bertz CT molecular complexity index is 1710.